The van der Waals surface area contributed by atoms with Crippen LogP contribution in [-0.4, -0.2) is 26.5 Å². The number of nitriles is 1. The van der Waals surface area contributed by atoms with Crippen molar-refractivity contribution in [3.05, 3.63) is 29.3 Å². The average molecular weight is 278 g/mol. The summed E-state index contributed by atoms with van der Waals surface area (Å²) in [6.07, 6.45) is 1.44. The highest BCUT2D eigenvalue weighted by Crippen LogP contribution is 2.30. The number of nitrogens with zero attached hydrogens (tertiary/aromatic N) is 2. The van der Waals surface area contributed by atoms with Crippen molar-refractivity contribution in [2.75, 3.05) is 16.6 Å². The molecule has 1 aromatic rings. The van der Waals surface area contributed by atoms with Crippen molar-refractivity contribution >= 4 is 21.5 Å². The van der Waals surface area contributed by atoms with Gasteiger partial charge in [0.15, 0.2) is 11.5 Å². The summed E-state index contributed by atoms with van der Waals surface area (Å²) in [6.45, 7) is 1.87. The van der Waals surface area contributed by atoms with Gasteiger partial charge in [-0.3, -0.25) is 9.10 Å². The standard InChI is InChI=1S/C13H14N2O3S/c1-10(16)11-4-5-13-12(9-11)3-2-7-15(13)19(17,18)8-6-14/h4-5,9H,2-3,7-8H2,1H3. The van der Waals surface area contributed by atoms with Gasteiger partial charge in [0.25, 0.3) is 0 Å². The highest BCUT2D eigenvalue weighted by Gasteiger charge is 2.27. The molecule has 0 saturated heterocycles. The molecule has 0 unspecified atom stereocenters. The van der Waals surface area contributed by atoms with Crippen molar-refractivity contribution in [1.82, 2.24) is 0 Å². The Kier molecular flexibility index (Phi) is 3.58. The Morgan fingerprint density at radius 1 is 1.47 bits per heavy atom. The van der Waals surface area contributed by atoms with Crippen LogP contribution < -0.4 is 4.31 Å². The van der Waals surface area contributed by atoms with Crippen molar-refractivity contribution in [3.63, 3.8) is 0 Å². The molecule has 0 fully saturated rings. The van der Waals surface area contributed by atoms with Crippen molar-refractivity contribution in [2.24, 2.45) is 0 Å². The maximum atomic E-state index is 12.0. The molecule has 0 N–H and O–H groups in total. The second kappa shape index (κ2) is 5.02. The predicted molar refractivity (Wildman–Crippen MR) is 71.5 cm³/mol. The molecule has 1 aromatic carbocycles. The van der Waals surface area contributed by atoms with Crippen LogP contribution in [0, 0.1) is 11.3 Å². The first-order valence-corrected chi connectivity index (χ1v) is 7.58. The molecule has 0 bridgehead atoms. The quantitative estimate of drug-likeness (QED) is 0.785. The SMILES string of the molecule is CC(=O)c1ccc2c(c1)CCCN2S(=O)(=O)CC#N. The third kappa shape index (κ3) is 2.61. The van der Waals surface area contributed by atoms with Crippen LogP contribution in [0.25, 0.3) is 0 Å². The number of hydrogen-bond donors (Lipinski definition) is 0. The van der Waals surface area contributed by atoms with Gasteiger partial charge in [-0.05, 0) is 43.5 Å². The molecule has 1 aliphatic heterocycles. The molecule has 5 nitrogen and oxygen atoms in total. The topological polar surface area (TPSA) is 78.2 Å². The van der Waals surface area contributed by atoms with Crippen LogP contribution in [0.2, 0.25) is 0 Å². The maximum absolute atomic E-state index is 12.0. The number of rotatable bonds is 3. The summed E-state index contributed by atoms with van der Waals surface area (Å²) < 4.78 is 25.3. The average Bonchev–Trinajstić information content (AvgIpc) is 2.37. The Labute approximate surface area is 112 Å². The van der Waals surface area contributed by atoms with E-state index >= 15 is 0 Å². The third-order valence-electron chi connectivity index (χ3n) is 3.14. The molecule has 2 rings (SSSR count). The highest BCUT2D eigenvalue weighted by atomic mass is 32.2. The van der Waals surface area contributed by atoms with E-state index < -0.39 is 15.8 Å². The number of hydrogen-bond acceptors (Lipinski definition) is 4. The van der Waals surface area contributed by atoms with E-state index in [1.54, 1.807) is 24.3 Å². The smallest absolute Gasteiger partial charge is 0.248 e. The van der Waals surface area contributed by atoms with Crippen LogP contribution in [0.1, 0.15) is 29.3 Å². The summed E-state index contributed by atoms with van der Waals surface area (Å²) in [7, 11) is -3.59. The van der Waals surface area contributed by atoms with Gasteiger partial charge >= 0.3 is 0 Å². The van der Waals surface area contributed by atoms with Gasteiger partial charge < -0.3 is 0 Å². The number of anilines is 1. The van der Waals surface area contributed by atoms with Crippen molar-refractivity contribution < 1.29 is 13.2 Å². The van der Waals surface area contributed by atoms with Gasteiger partial charge in [0, 0.05) is 12.1 Å². The van der Waals surface area contributed by atoms with Gasteiger partial charge in [-0.1, -0.05) is 0 Å². The molecule has 0 atom stereocenters. The van der Waals surface area contributed by atoms with Crippen molar-refractivity contribution in [2.45, 2.75) is 19.8 Å². The second-order valence-corrected chi connectivity index (χ2v) is 6.38. The first kappa shape index (κ1) is 13.6. The zero-order valence-corrected chi connectivity index (χ0v) is 11.4. The molecule has 0 amide bonds. The van der Waals surface area contributed by atoms with E-state index in [4.69, 9.17) is 5.26 Å². The van der Waals surface area contributed by atoms with Gasteiger partial charge in [-0.15, -0.1) is 0 Å². The molecule has 0 aliphatic carbocycles. The lowest BCUT2D eigenvalue weighted by atomic mass is 9.99. The van der Waals surface area contributed by atoms with Crippen molar-refractivity contribution in [3.8, 4) is 6.07 Å². The zero-order chi connectivity index (χ0) is 14.0. The van der Waals surface area contributed by atoms with Crippen LogP contribution in [0.3, 0.4) is 0 Å². The van der Waals surface area contributed by atoms with Crippen LogP contribution >= 0.6 is 0 Å². The number of benzene rings is 1. The van der Waals surface area contributed by atoms with E-state index in [2.05, 4.69) is 0 Å². The van der Waals surface area contributed by atoms with Crippen LogP contribution in [0.15, 0.2) is 18.2 Å². The zero-order valence-electron chi connectivity index (χ0n) is 10.6. The fraction of sp³-hybridized carbons (Fsp3) is 0.385. The molecule has 0 saturated carbocycles. The normalized spacial score (nSPS) is 14.6. The van der Waals surface area contributed by atoms with E-state index in [-0.39, 0.29) is 5.78 Å². The van der Waals surface area contributed by atoms with Crippen LogP contribution in [-0.2, 0) is 16.4 Å². The molecule has 19 heavy (non-hydrogen) atoms. The Bertz CT molecular complexity index is 659. The van der Waals surface area contributed by atoms with Crippen LogP contribution in [0.4, 0.5) is 5.69 Å². The molecule has 0 radical (unpaired) electrons. The van der Waals surface area contributed by atoms with Gasteiger partial charge in [0.05, 0.1) is 11.8 Å². The molecule has 0 spiro atoms. The minimum absolute atomic E-state index is 0.0418. The fourth-order valence-electron chi connectivity index (χ4n) is 2.23. The summed E-state index contributed by atoms with van der Waals surface area (Å²) in [4.78, 5) is 11.3. The first-order chi connectivity index (χ1) is 8.95. The van der Waals surface area contributed by atoms with Gasteiger partial charge in [-0.2, -0.15) is 5.26 Å². The third-order valence-corrected chi connectivity index (χ3v) is 4.69. The lowest BCUT2D eigenvalue weighted by Crippen LogP contribution is -2.36. The Balaban J connectivity index is 2.47. The molecule has 1 aliphatic rings. The summed E-state index contributed by atoms with van der Waals surface area (Å²) in [5.41, 5.74) is 2.02. The Morgan fingerprint density at radius 2 is 2.21 bits per heavy atom. The number of Topliss-reactive ketones (excluding diaryl/α,β-unsaturated/α-hetero) is 1. The number of sulfonamides is 1. The Hall–Kier alpha value is -1.87. The summed E-state index contributed by atoms with van der Waals surface area (Å²) in [5, 5.41) is 8.60. The minimum Gasteiger partial charge on any atom is -0.295 e. The molecular weight excluding hydrogens is 264 g/mol. The monoisotopic (exact) mass is 278 g/mol. The predicted octanol–water partition coefficient (Wildman–Crippen LogP) is 1.50. The van der Waals surface area contributed by atoms with E-state index in [9.17, 15) is 13.2 Å². The largest absolute Gasteiger partial charge is 0.295 e. The number of aryl methyl sites for hydroxylation is 1. The van der Waals surface area contributed by atoms with Crippen LogP contribution in [0.5, 0.6) is 0 Å². The fourth-order valence-corrected chi connectivity index (χ4v) is 3.43. The lowest BCUT2D eigenvalue weighted by molar-refractivity contribution is 0.101. The summed E-state index contributed by atoms with van der Waals surface area (Å²) in [6, 6.07) is 6.70. The number of fused-ring (bicyclic) bond motifs is 1. The molecular formula is C13H14N2O3S. The minimum atomic E-state index is -3.59. The summed E-state index contributed by atoms with van der Waals surface area (Å²) in [5.74, 6) is -0.569. The van der Waals surface area contributed by atoms with Crippen molar-refractivity contribution in [1.29, 1.82) is 5.26 Å². The maximum Gasteiger partial charge on any atom is 0.248 e. The van der Waals surface area contributed by atoms with E-state index in [0.29, 0.717) is 24.2 Å². The molecule has 1 heterocycles. The second-order valence-electron chi connectivity index (χ2n) is 4.49. The number of carbonyl (C=O) groups is 1. The van der Waals surface area contributed by atoms with Gasteiger partial charge in [-0.25, -0.2) is 8.42 Å². The Morgan fingerprint density at radius 3 is 2.84 bits per heavy atom. The number of ketones is 1. The molecule has 6 heteroatoms. The molecule has 0 aromatic heterocycles. The summed E-state index contributed by atoms with van der Waals surface area (Å²) >= 11 is 0. The van der Waals surface area contributed by atoms with Gasteiger partial charge in [0.1, 0.15) is 0 Å². The number of carbonyl (C=O) groups excluding carboxylic acids is 1. The van der Waals surface area contributed by atoms with E-state index in [1.807, 2.05) is 0 Å². The van der Waals surface area contributed by atoms with E-state index in [1.165, 1.54) is 11.2 Å². The highest BCUT2D eigenvalue weighted by molar-refractivity contribution is 7.93. The lowest BCUT2D eigenvalue weighted by Gasteiger charge is -2.29. The van der Waals surface area contributed by atoms with Gasteiger partial charge in [0.2, 0.25) is 10.0 Å². The first-order valence-electron chi connectivity index (χ1n) is 5.97. The van der Waals surface area contributed by atoms with E-state index in [0.717, 1.165) is 12.0 Å². The molecule has 100 valence electrons.